The molecule has 5 N–H and O–H groups in total. The summed E-state index contributed by atoms with van der Waals surface area (Å²) in [5.74, 6) is -1.66. The minimum Gasteiger partial charge on any atom is -0.744 e. The number of aliphatic carboxylic acids is 1. The van der Waals surface area contributed by atoms with Crippen LogP contribution in [0.15, 0.2) is 116 Å². The number of carboxylic acid groups (broad SMARTS) is 1. The van der Waals surface area contributed by atoms with Crippen LogP contribution in [0.3, 0.4) is 0 Å². The molecule has 20 nitrogen and oxygen atoms in total. The molecule has 6 rings (SSSR count). The molecular weight excluding hydrogens is 1030 g/mol. The van der Waals surface area contributed by atoms with E-state index in [9.17, 15) is 74.8 Å². The highest BCUT2D eigenvalue weighted by atomic mass is 32.2. The maximum absolute atomic E-state index is 12.7. The molecule has 0 bridgehead atoms. The summed E-state index contributed by atoms with van der Waals surface area (Å²) >= 11 is 0. The van der Waals surface area contributed by atoms with Gasteiger partial charge in [-0.1, -0.05) is 42.9 Å². The Morgan fingerprint density at radius 2 is 1.28 bits per heavy atom. The summed E-state index contributed by atoms with van der Waals surface area (Å²) in [6, 6.07) is 9.36. The number of anilines is 1. The molecule has 25 heteroatoms. The van der Waals surface area contributed by atoms with Crippen molar-refractivity contribution in [1.29, 1.82) is 0 Å². The van der Waals surface area contributed by atoms with Crippen molar-refractivity contribution < 1.29 is 84.1 Å². The lowest BCUT2D eigenvalue weighted by Gasteiger charge is -2.31. The van der Waals surface area contributed by atoms with Crippen molar-refractivity contribution in [1.82, 2.24) is 0 Å². The quantitative estimate of drug-likeness (QED) is 0.0264. The molecule has 4 aromatic carbocycles. The molecule has 384 valence electrons. The van der Waals surface area contributed by atoms with Crippen molar-refractivity contribution in [3.8, 4) is 0 Å². The van der Waals surface area contributed by atoms with Crippen LogP contribution in [0.25, 0.3) is 21.5 Å². The number of carboxylic acids is 1. The van der Waals surface area contributed by atoms with Crippen molar-refractivity contribution in [3.63, 3.8) is 0 Å². The lowest BCUT2D eigenvalue weighted by molar-refractivity contribution is -0.441. The molecule has 0 radical (unpaired) electrons. The van der Waals surface area contributed by atoms with E-state index in [0.717, 1.165) is 12.1 Å². The van der Waals surface area contributed by atoms with Crippen LogP contribution < -0.4 is 4.90 Å². The number of hydrogen-bond acceptors (Lipinski definition) is 14. The van der Waals surface area contributed by atoms with Crippen LogP contribution in [0.5, 0.6) is 0 Å². The number of fused-ring (bicyclic) bond motifs is 6. The molecule has 0 saturated heterocycles. The summed E-state index contributed by atoms with van der Waals surface area (Å²) in [7, 11) is -23.3. The van der Waals surface area contributed by atoms with Gasteiger partial charge < -0.3 is 19.3 Å². The van der Waals surface area contributed by atoms with Gasteiger partial charge in [0.15, 0.2) is 12.3 Å². The van der Waals surface area contributed by atoms with Gasteiger partial charge in [-0.05, 0) is 105 Å². The van der Waals surface area contributed by atoms with Crippen molar-refractivity contribution in [2.75, 3.05) is 37.5 Å². The van der Waals surface area contributed by atoms with Crippen molar-refractivity contribution in [2.45, 2.75) is 89.7 Å². The number of carbonyl (C=O) groups is 1. The van der Waals surface area contributed by atoms with E-state index >= 15 is 0 Å². The Morgan fingerprint density at radius 3 is 1.86 bits per heavy atom. The van der Waals surface area contributed by atoms with Gasteiger partial charge in [-0.15, -0.1) is 0 Å². The first-order valence-electron chi connectivity index (χ1n) is 21.7. The number of rotatable bonds is 21. The SMILES string of the molecule is COCC[N+]1=C(/C=C/C=C/C=C/C=C2/N(CCCCCC(=O)O)c3ccc4c(S(=O)(=O)O)cc(S(=O)(=O)[O-])cc4c3C2(C)CCCS(=O)(=O)O)C(C)(C)c2c1ccc1c(S(=O)(=O)O)cc(S(=O)(=O)O)cc21. The molecule has 0 aliphatic carbocycles. The Kier molecular flexibility index (Phi) is 15.8. The second kappa shape index (κ2) is 20.4. The lowest BCUT2D eigenvalue weighted by Crippen LogP contribution is -2.30. The average Bonchev–Trinajstić information content (AvgIpc) is 3.61. The van der Waals surface area contributed by atoms with Gasteiger partial charge in [0, 0.05) is 65.4 Å². The van der Waals surface area contributed by atoms with Crippen molar-refractivity contribution in [2.24, 2.45) is 0 Å². The zero-order valence-corrected chi connectivity index (χ0v) is 42.8. The first-order chi connectivity index (χ1) is 32.8. The zero-order valence-electron chi connectivity index (χ0n) is 38.7. The molecule has 2 aliphatic heterocycles. The smallest absolute Gasteiger partial charge is 0.303 e. The van der Waals surface area contributed by atoms with E-state index in [4.69, 9.17) is 4.74 Å². The Balaban J connectivity index is 1.44. The summed E-state index contributed by atoms with van der Waals surface area (Å²) in [5.41, 5.74) is 0.782. The Morgan fingerprint density at radius 1 is 0.704 bits per heavy atom. The monoisotopic (exact) mass is 1080 g/mol. The summed E-state index contributed by atoms with van der Waals surface area (Å²) < 4.78 is 183. The second-order valence-corrected chi connectivity index (χ2v) is 24.9. The Bertz CT molecular complexity index is 3580. The van der Waals surface area contributed by atoms with E-state index in [0.29, 0.717) is 71.9 Å². The van der Waals surface area contributed by atoms with Crippen LogP contribution in [-0.4, -0.2) is 119 Å². The fraction of sp³-hybridized carbons (Fsp3) is 0.348. The average molecular weight is 1080 g/mol. The number of benzene rings is 4. The number of allylic oxidation sites excluding steroid dienone is 8. The first-order valence-corrected chi connectivity index (χ1v) is 29.1. The van der Waals surface area contributed by atoms with E-state index in [1.54, 1.807) is 61.6 Å². The summed E-state index contributed by atoms with van der Waals surface area (Å²) in [5, 5.41) is 9.24. The molecule has 1 unspecified atom stereocenters. The minimum absolute atomic E-state index is 0.0237. The Labute approximate surface area is 412 Å². The van der Waals surface area contributed by atoms with Crippen LogP contribution >= 0.6 is 0 Å². The van der Waals surface area contributed by atoms with E-state index in [-0.39, 0.29) is 54.0 Å². The van der Waals surface area contributed by atoms with Gasteiger partial charge in [-0.25, -0.2) is 8.42 Å². The molecule has 0 fully saturated rings. The van der Waals surface area contributed by atoms with Gasteiger partial charge in [-0.3, -0.25) is 23.0 Å². The topological polar surface area (TPSA) is 327 Å². The molecule has 4 aromatic rings. The molecule has 0 aromatic heterocycles. The molecule has 2 aliphatic rings. The molecular formula is C46H52N2O18S5. The van der Waals surface area contributed by atoms with E-state index in [1.807, 2.05) is 23.3 Å². The first kappa shape index (κ1) is 55.1. The molecule has 0 spiro atoms. The van der Waals surface area contributed by atoms with E-state index < -0.39 is 92.7 Å². The predicted molar refractivity (Wildman–Crippen MR) is 262 cm³/mol. The summed E-state index contributed by atoms with van der Waals surface area (Å²) in [6.07, 6.45) is 12.8. The van der Waals surface area contributed by atoms with E-state index in [1.165, 1.54) is 19.2 Å². The van der Waals surface area contributed by atoms with Gasteiger partial charge in [0.05, 0.1) is 21.0 Å². The third-order valence-corrected chi connectivity index (χ3v) is 16.8. The highest BCUT2D eigenvalue weighted by Gasteiger charge is 2.47. The van der Waals surface area contributed by atoms with Crippen molar-refractivity contribution in [3.05, 3.63) is 108 Å². The van der Waals surface area contributed by atoms with E-state index in [2.05, 4.69) is 0 Å². The summed E-state index contributed by atoms with van der Waals surface area (Å²) in [6.45, 7) is 6.16. The highest BCUT2D eigenvalue weighted by Crippen LogP contribution is 2.54. The number of unbranched alkanes of at least 4 members (excludes halogenated alkanes) is 2. The molecule has 0 saturated carbocycles. The zero-order chi connectivity index (χ0) is 52.7. The standard InChI is InChI=1S/C46H52N2O18S5/c1-45(2)40(48(23-24-66-4)36-19-17-32-34(43(36)45)26-30(68(54,55)56)28-38(32)70(60,61)62)14-9-6-5-7-10-15-41-46(3,21-13-25-67(51,52)53)44-35-27-31(69(57,58)59)29-39(71(63,64)65)33(35)18-20-37(44)47(41)22-12-8-11-16-42(49)50/h5-7,9-10,14-15,17-20,26-29H,8,11-13,16,21-25H2,1-4H3,(H5-,49,50,51,52,53,54,55,56,57,58,59,60,61,62,63,64,65). The maximum Gasteiger partial charge on any atom is 0.303 e. The van der Waals surface area contributed by atoms with Crippen LogP contribution in [-0.2, 0) is 71.0 Å². The fourth-order valence-corrected chi connectivity index (χ4v) is 12.8. The maximum atomic E-state index is 12.7. The highest BCUT2D eigenvalue weighted by molar-refractivity contribution is 7.87. The van der Waals surface area contributed by atoms with Gasteiger partial charge >= 0.3 is 5.97 Å². The number of nitrogens with zero attached hydrogens (tertiary/aromatic N) is 2. The second-order valence-electron chi connectivity index (χ2n) is 17.7. The third-order valence-electron chi connectivity index (χ3n) is 12.6. The third kappa shape index (κ3) is 11.9. The van der Waals surface area contributed by atoms with Gasteiger partial charge in [0.25, 0.3) is 40.5 Å². The molecule has 2 heterocycles. The van der Waals surface area contributed by atoms with Gasteiger partial charge in [0.2, 0.25) is 5.69 Å². The van der Waals surface area contributed by atoms with Gasteiger partial charge in [-0.2, -0.15) is 38.2 Å². The van der Waals surface area contributed by atoms with Crippen LogP contribution in [0.4, 0.5) is 11.4 Å². The van der Waals surface area contributed by atoms with Crippen molar-refractivity contribution >= 4 is 95.2 Å². The Hall–Kier alpha value is -5.19. The molecule has 1 atom stereocenters. The molecule has 71 heavy (non-hydrogen) atoms. The normalized spacial score (nSPS) is 18.3. The predicted octanol–water partition coefficient (Wildman–Crippen LogP) is 6.30. The van der Waals surface area contributed by atoms with Crippen LogP contribution in [0.2, 0.25) is 0 Å². The van der Waals surface area contributed by atoms with Crippen LogP contribution in [0.1, 0.15) is 70.4 Å². The number of methoxy groups -OCH3 is 1. The number of ether oxygens (including phenoxy) is 1. The van der Waals surface area contributed by atoms with Crippen LogP contribution in [0, 0.1) is 0 Å². The summed E-state index contributed by atoms with van der Waals surface area (Å²) in [4.78, 5) is 9.86. The largest absolute Gasteiger partial charge is 0.744 e. The van der Waals surface area contributed by atoms with Gasteiger partial charge in [0.1, 0.15) is 26.5 Å². The lowest BCUT2D eigenvalue weighted by atomic mass is 9.75. The number of hydrogen-bond donors (Lipinski definition) is 5. The minimum atomic E-state index is -5.31. The molecule has 0 amide bonds. The fourth-order valence-electron chi connectivity index (χ4n) is 9.59.